The number of ether oxygens (including phenoxy) is 2. The maximum Gasteiger partial charge on any atom is 0.315 e. The maximum atomic E-state index is 13.0. The Morgan fingerprint density at radius 1 is 1.15 bits per heavy atom. The molecule has 0 radical (unpaired) electrons. The molecular weight excluding hydrogens is 458 g/mol. The van der Waals surface area contributed by atoms with Crippen LogP contribution in [0, 0.1) is 0 Å². The molecule has 0 saturated carbocycles. The number of thiophene rings is 1. The molecule has 2 atom stereocenters. The minimum Gasteiger partial charge on any atom is -0.481 e. The molecule has 0 fully saturated rings. The van der Waals surface area contributed by atoms with Gasteiger partial charge in [0.15, 0.2) is 11.5 Å². The van der Waals surface area contributed by atoms with Gasteiger partial charge in [-0.1, -0.05) is 25.8 Å². The van der Waals surface area contributed by atoms with Gasteiger partial charge in [-0.25, -0.2) is 4.79 Å². The van der Waals surface area contributed by atoms with Gasteiger partial charge in [0.2, 0.25) is 12.7 Å². The van der Waals surface area contributed by atoms with Crippen LogP contribution >= 0.6 is 11.3 Å². The van der Waals surface area contributed by atoms with Crippen LogP contribution in [0.5, 0.6) is 11.5 Å². The number of hydrogen-bond acceptors (Lipinski definition) is 6. The van der Waals surface area contributed by atoms with E-state index in [0.29, 0.717) is 30.9 Å². The second-order valence-corrected chi connectivity index (χ2v) is 9.11. The van der Waals surface area contributed by atoms with Crippen molar-refractivity contribution in [1.29, 1.82) is 0 Å². The highest BCUT2D eigenvalue weighted by Crippen LogP contribution is 2.32. The number of nitrogens with zero attached hydrogens (tertiary/aromatic N) is 1. The molecule has 2 aromatic rings. The Morgan fingerprint density at radius 2 is 1.94 bits per heavy atom. The molecule has 3 amide bonds. The minimum atomic E-state index is -1.03. The fraction of sp³-hybridized carbons (Fsp3) is 0.458. The van der Waals surface area contributed by atoms with Crippen molar-refractivity contribution in [1.82, 2.24) is 15.5 Å². The van der Waals surface area contributed by atoms with Crippen LogP contribution in [0.4, 0.5) is 4.79 Å². The van der Waals surface area contributed by atoms with E-state index in [4.69, 9.17) is 9.47 Å². The van der Waals surface area contributed by atoms with Crippen LogP contribution in [-0.4, -0.2) is 53.8 Å². The van der Waals surface area contributed by atoms with Crippen LogP contribution in [0.1, 0.15) is 43.7 Å². The summed E-state index contributed by atoms with van der Waals surface area (Å²) >= 11 is 1.56. The highest BCUT2D eigenvalue weighted by Gasteiger charge is 2.26. The fourth-order valence-electron chi connectivity index (χ4n) is 3.79. The molecule has 1 aromatic heterocycles. The third-order valence-corrected chi connectivity index (χ3v) is 6.23. The summed E-state index contributed by atoms with van der Waals surface area (Å²) in [5.74, 6) is 0.0171. The molecule has 3 rings (SSSR count). The van der Waals surface area contributed by atoms with Crippen LogP contribution in [0.3, 0.4) is 0 Å². The largest absolute Gasteiger partial charge is 0.481 e. The van der Waals surface area contributed by atoms with Gasteiger partial charge < -0.3 is 30.1 Å². The summed E-state index contributed by atoms with van der Waals surface area (Å²) in [7, 11) is 1.71. The molecule has 184 valence electrons. The molecule has 34 heavy (non-hydrogen) atoms. The molecule has 2 heterocycles. The number of benzene rings is 1. The van der Waals surface area contributed by atoms with E-state index < -0.39 is 24.1 Å². The number of likely N-dealkylation sites (N-methyl/N-ethyl adjacent to an activating group) is 1. The van der Waals surface area contributed by atoms with E-state index in [1.807, 2.05) is 29.8 Å². The number of carbonyl (C=O) groups is 3. The van der Waals surface area contributed by atoms with Gasteiger partial charge in [0.1, 0.15) is 6.04 Å². The lowest BCUT2D eigenvalue weighted by atomic mass is 10.0. The standard InChI is InChI=1S/C24H31N3O6S/c1-3-4-5-19(23(30)27(2)13-17-8-9-34-14-17)26-24(31)25-18(12-22(28)29)10-16-6-7-20-21(11-16)33-15-32-20/h6-9,11,14,18-19H,3-5,10,12-13,15H2,1-2H3,(H,28,29)(H2,25,26,31)/t18-,19+/m0/s1. The Hall–Kier alpha value is -3.27. The van der Waals surface area contributed by atoms with E-state index in [9.17, 15) is 19.5 Å². The predicted molar refractivity (Wildman–Crippen MR) is 128 cm³/mol. The second kappa shape index (κ2) is 12.3. The monoisotopic (exact) mass is 489 g/mol. The van der Waals surface area contributed by atoms with Crippen molar-refractivity contribution in [3.05, 3.63) is 46.2 Å². The van der Waals surface area contributed by atoms with E-state index in [1.54, 1.807) is 35.4 Å². The number of amides is 3. The average molecular weight is 490 g/mol. The Balaban J connectivity index is 1.63. The highest BCUT2D eigenvalue weighted by molar-refractivity contribution is 7.07. The van der Waals surface area contributed by atoms with Gasteiger partial charge in [-0.15, -0.1) is 0 Å². The molecule has 10 heteroatoms. The Kier molecular flexibility index (Phi) is 9.15. The summed E-state index contributed by atoms with van der Waals surface area (Å²) in [6.07, 6.45) is 2.20. The SMILES string of the molecule is CCCC[C@@H](NC(=O)N[C@H](CC(=O)O)Cc1ccc2c(c1)OCO2)C(=O)N(C)Cc1ccsc1. The van der Waals surface area contributed by atoms with Crippen LogP contribution in [0.2, 0.25) is 0 Å². The van der Waals surface area contributed by atoms with Crippen molar-refractivity contribution in [2.75, 3.05) is 13.8 Å². The summed E-state index contributed by atoms with van der Waals surface area (Å²) in [6.45, 7) is 2.62. The van der Waals surface area contributed by atoms with Crippen molar-refractivity contribution < 1.29 is 29.0 Å². The molecule has 3 N–H and O–H groups in total. The van der Waals surface area contributed by atoms with E-state index >= 15 is 0 Å². The summed E-state index contributed by atoms with van der Waals surface area (Å²) in [5.41, 5.74) is 1.84. The molecule has 1 aliphatic heterocycles. The van der Waals surface area contributed by atoms with Crippen molar-refractivity contribution in [3.63, 3.8) is 0 Å². The smallest absolute Gasteiger partial charge is 0.315 e. The number of fused-ring (bicyclic) bond motifs is 1. The van der Waals surface area contributed by atoms with Crippen LogP contribution < -0.4 is 20.1 Å². The average Bonchev–Trinajstić information content (AvgIpc) is 3.47. The van der Waals surface area contributed by atoms with Crippen molar-refractivity contribution in [2.24, 2.45) is 0 Å². The Morgan fingerprint density at radius 3 is 2.65 bits per heavy atom. The number of aliphatic carboxylic acids is 1. The van der Waals surface area contributed by atoms with Crippen molar-refractivity contribution >= 4 is 29.2 Å². The zero-order valence-corrected chi connectivity index (χ0v) is 20.2. The van der Waals surface area contributed by atoms with Gasteiger partial charge in [-0.2, -0.15) is 11.3 Å². The van der Waals surface area contributed by atoms with Gasteiger partial charge in [0, 0.05) is 19.6 Å². The number of nitrogens with one attached hydrogen (secondary N) is 2. The van der Waals surface area contributed by atoms with E-state index in [2.05, 4.69) is 10.6 Å². The number of hydrogen-bond donors (Lipinski definition) is 3. The molecule has 0 bridgehead atoms. The lowest BCUT2D eigenvalue weighted by Gasteiger charge is -2.26. The normalized spacial score (nSPS) is 13.7. The number of carbonyl (C=O) groups excluding carboxylic acids is 2. The minimum absolute atomic E-state index is 0.145. The van der Waals surface area contributed by atoms with Gasteiger partial charge >= 0.3 is 12.0 Å². The maximum absolute atomic E-state index is 13.0. The molecule has 9 nitrogen and oxygen atoms in total. The Labute approximate surface area is 203 Å². The first-order valence-electron chi connectivity index (χ1n) is 11.3. The van der Waals surface area contributed by atoms with Crippen molar-refractivity contribution in [2.45, 2.75) is 57.7 Å². The van der Waals surface area contributed by atoms with E-state index in [-0.39, 0.29) is 19.1 Å². The predicted octanol–water partition coefficient (Wildman–Crippen LogP) is 3.38. The number of urea groups is 1. The summed E-state index contributed by atoms with van der Waals surface area (Å²) in [4.78, 5) is 38.8. The van der Waals surface area contributed by atoms with E-state index in [0.717, 1.165) is 24.0 Å². The number of unbranched alkanes of at least 4 members (excludes halogenated alkanes) is 1. The van der Waals surface area contributed by atoms with E-state index in [1.165, 1.54) is 0 Å². The molecule has 0 saturated heterocycles. The molecular formula is C24H31N3O6S. The number of carboxylic acids is 1. The first kappa shape index (κ1) is 25.4. The lowest BCUT2D eigenvalue weighted by molar-refractivity contribution is -0.137. The lowest BCUT2D eigenvalue weighted by Crippen LogP contribution is -2.52. The van der Waals surface area contributed by atoms with Gasteiger partial charge in [-0.05, 0) is 52.9 Å². The molecule has 0 unspecified atom stereocenters. The van der Waals surface area contributed by atoms with Crippen LogP contribution in [-0.2, 0) is 22.6 Å². The zero-order valence-electron chi connectivity index (χ0n) is 19.4. The molecule has 1 aliphatic rings. The summed E-state index contributed by atoms with van der Waals surface area (Å²) in [5, 5.41) is 18.8. The fourth-order valence-corrected chi connectivity index (χ4v) is 4.45. The van der Waals surface area contributed by atoms with Crippen LogP contribution in [0.15, 0.2) is 35.0 Å². The zero-order chi connectivity index (χ0) is 24.5. The molecule has 1 aromatic carbocycles. The second-order valence-electron chi connectivity index (χ2n) is 8.33. The number of carboxylic acid groups (broad SMARTS) is 1. The van der Waals surface area contributed by atoms with Gasteiger partial charge in [0.05, 0.1) is 6.42 Å². The third kappa shape index (κ3) is 7.38. The van der Waals surface area contributed by atoms with Crippen LogP contribution in [0.25, 0.3) is 0 Å². The summed E-state index contributed by atoms with van der Waals surface area (Å²) < 4.78 is 10.7. The third-order valence-electron chi connectivity index (χ3n) is 5.50. The van der Waals surface area contributed by atoms with Gasteiger partial charge in [0.25, 0.3) is 0 Å². The summed E-state index contributed by atoms with van der Waals surface area (Å²) in [6, 6.07) is 5.40. The Bertz CT molecular complexity index is 981. The topological polar surface area (TPSA) is 117 Å². The molecule has 0 spiro atoms. The molecule has 0 aliphatic carbocycles. The first-order valence-corrected chi connectivity index (χ1v) is 12.2. The quantitative estimate of drug-likeness (QED) is 0.421. The first-order chi connectivity index (χ1) is 16.4. The highest BCUT2D eigenvalue weighted by atomic mass is 32.1. The van der Waals surface area contributed by atoms with Crippen molar-refractivity contribution in [3.8, 4) is 11.5 Å². The number of rotatable bonds is 12. The van der Waals surface area contributed by atoms with Gasteiger partial charge in [-0.3, -0.25) is 9.59 Å².